The first-order chi connectivity index (χ1) is 10.2. The van der Waals surface area contributed by atoms with E-state index in [0.717, 1.165) is 19.5 Å². The number of rotatable bonds is 1. The van der Waals surface area contributed by atoms with Crippen LogP contribution in [0, 0.1) is 11.3 Å². The molecule has 3 heterocycles. The van der Waals surface area contributed by atoms with Gasteiger partial charge in [-0.2, -0.15) is 0 Å². The van der Waals surface area contributed by atoms with Crippen LogP contribution >= 0.6 is 0 Å². The average molecular weight is 281 g/mol. The molecule has 1 aromatic heterocycles. The average Bonchev–Trinajstić information content (AvgIpc) is 3.03. The van der Waals surface area contributed by atoms with Gasteiger partial charge in [0.15, 0.2) is 0 Å². The molecule has 0 amide bonds. The van der Waals surface area contributed by atoms with Crippen molar-refractivity contribution in [2.75, 3.05) is 20.1 Å². The van der Waals surface area contributed by atoms with Gasteiger partial charge in [-0.1, -0.05) is 24.3 Å². The summed E-state index contributed by atoms with van der Waals surface area (Å²) in [6, 6.07) is 8.81. The van der Waals surface area contributed by atoms with Crippen LogP contribution in [0.3, 0.4) is 0 Å². The molecular weight excluding hydrogens is 262 g/mol. The largest absolute Gasteiger partial charge is 0.392 e. The first kappa shape index (κ1) is 12.0. The molecule has 108 valence electrons. The quantitative estimate of drug-likeness (QED) is 0.866. The minimum absolute atomic E-state index is 0.164. The topological polar surface area (TPSA) is 41.3 Å². The molecule has 21 heavy (non-hydrogen) atoms. The van der Waals surface area contributed by atoms with Gasteiger partial charge in [0.05, 0.1) is 30.4 Å². The maximum Gasteiger partial charge on any atom is 0.0956 e. The Balaban J connectivity index is 1.54. The number of aliphatic hydroxyl groups excluding tert-OH is 1. The molecule has 1 saturated carbocycles. The maximum atomic E-state index is 10.8. The highest BCUT2D eigenvalue weighted by atomic mass is 16.3. The summed E-state index contributed by atoms with van der Waals surface area (Å²) >= 11 is 0. The van der Waals surface area contributed by atoms with Gasteiger partial charge in [-0.15, -0.1) is 0 Å². The van der Waals surface area contributed by atoms with Crippen LogP contribution in [0.1, 0.15) is 18.0 Å². The summed E-state index contributed by atoms with van der Waals surface area (Å²) in [5.41, 5.74) is 3.98. The lowest BCUT2D eigenvalue weighted by atomic mass is 9.53. The van der Waals surface area contributed by atoms with Crippen molar-refractivity contribution in [3.8, 4) is 11.3 Å². The summed E-state index contributed by atoms with van der Waals surface area (Å²) in [4.78, 5) is 6.61. The normalized spacial score (nSPS) is 32.4. The van der Waals surface area contributed by atoms with Crippen molar-refractivity contribution in [3.63, 3.8) is 0 Å². The van der Waals surface area contributed by atoms with Crippen molar-refractivity contribution in [3.05, 3.63) is 42.4 Å². The molecule has 2 aliphatic heterocycles. The number of fused-ring (bicyclic) bond motifs is 3. The Morgan fingerprint density at radius 3 is 2.86 bits per heavy atom. The molecule has 4 nitrogen and oxygen atoms in total. The van der Waals surface area contributed by atoms with Crippen LogP contribution in [0.5, 0.6) is 0 Å². The molecule has 1 spiro atoms. The molecule has 3 atom stereocenters. The van der Waals surface area contributed by atoms with Gasteiger partial charge in [0, 0.05) is 30.0 Å². The molecule has 1 saturated heterocycles. The number of benzene rings is 1. The Kier molecular flexibility index (Phi) is 2.14. The van der Waals surface area contributed by atoms with E-state index in [1.165, 1.54) is 16.8 Å². The van der Waals surface area contributed by atoms with Crippen LogP contribution in [0.25, 0.3) is 11.3 Å². The van der Waals surface area contributed by atoms with Gasteiger partial charge in [-0.3, -0.25) is 0 Å². The van der Waals surface area contributed by atoms with Gasteiger partial charge in [0.25, 0.3) is 0 Å². The molecule has 0 bridgehead atoms. The highest BCUT2D eigenvalue weighted by Crippen LogP contribution is 2.58. The second-order valence-electron chi connectivity index (χ2n) is 7.07. The number of aliphatic hydroxyl groups is 1. The van der Waals surface area contributed by atoms with Crippen LogP contribution in [0.4, 0.5) is 0 Å². The maximum absolute atomic E-state index is 10.8. The van der Waals surface area contributed by atoms with E-state index in [1.54, 1.807) is 0 Å². The van der Waals surface area contributed by atoms with Crippen LogP contribution in [0.2, 0.25) is 0 Å². The number of imidazole rings is 1. The fourth-order valence-corrected chi connectivity index (χ4v) is 4.93. The molecule has 1 aromatic carbocycles. The predicted octanol–water partition coefficient (Wildman–Crippen LogP) is 1.77. The Labute approximate surface area is 124 Å². The third-order valence-corrected chi connectivity index (χ3v) is 5.77. The Hall–Kier alpha value is -1.65. The van der Waals surface area contributed by atoms with E-state index in [4.69, 9.17) is 0 Å². The molecule has 2 fully saturated rings. The lowest BCUT2D eigenvalue weighted by Crippen LogP contribution is -2.70. The van der Waals surface area contributed by atoms with Crippen LogP contribution in [0.15, 0.2) is 36.8 Å². The van der Waals surface area contributed by atoms with Gasteiger partial charge in [-0.05, 0) is 19.0 Å². The van der Waals surface area contributed by atoms with E-state index in [0.29, 0.717) is 5.92 Å². The molecule has 3 unspecified atom stereocenters. The van der Waals surface area contributed by atoms with E-state index in [2.05, 4.69) is 45.8 Å². The summed E-state index contributed by atoms with van der Waals surface area (Å²) in [5, 5.41) is 10.8. The van der Waals surface area contributed by atoms with Crippen molar-refractivity contribution in [1.82, 2.24) is 14.5 Å². The van der Waals surface area contributed by atoms with E-state index in [1.807, 2.05) is 12.5 Å². The zero-order valence-corrected chi connectivity index (χ0v) is 12.1. The summed E-state index contributed by atoms with van der Waals surface area (Å²) in [5.74, 6) is 0.315. The third kappa shape index (κ3) is 1.35. The Morgan fingerprint density at radius 2 is 2.10 bits per heavy atom. The van der Waals surface area contributed by atoms with Gasteiger partial charge < -0.3 is 14.6 Å². The van der Waals surface area contributed by atoms with E-state index in [9.17, 15) is 5.11 Å². The highest BCUT2D eigenvalue weighted by Gasteiger charge is 2.61. The van der Waals surface area contributed by atoms with Crippen molar-refractivity contribution >= 4 is 0 Å². The Morgan fingerprint density at radius 1 is 1.29 bits per heavy atom. The molecule has 2 aromatic rings. The lowest BCUT2D eigenvalue weighted by Gasteiger charge is -2.63. The number of hydrogen-bond donors (Lipinski definition) is 1. The highest BCUT2D eigenvalue weighted by molar-refractivity contribution is 5.69. The number of hydrogen-bond acceptors (Lipinski definition) is 3. The van der Waals surface area contributed by atoms with Crippen molar-refractivity contribution in [1.29, 1.82) is 0 Å². The van der Waals surface area contributed by atoms with E-state index >= 15 is 0 Å². The second kappa shape index (κ2) is 3.76. The van der Waals surface area contributed by atoms with Crippen molar-refractivity contribution in [2.45, 2.75) is 18.6 Å². The number of likely N-dealkylation sites (tertiary alicyclic amines) is 1. The van der Waals surface area contributed by atoms with E-state index in [-0.39, 0.29) is 17.6 Å². The minimum atomic E-state index is -0.194. The van der Waals surface area contributed by atoms with E-state index < -0.39 is 0 Å². The monoisotopic (exact) mass is 281 g/mol. The van der Waals surface area contributed by atoms with Crippen molar-refractivity contribution < 1.29 is 5.11 Å². The smallest absolute Gasteiger partial charge is 0.0956 e. The summed E-state index contributed by atoms with van der Waals surface area (Å²) in [6.45, 7) is 2.08. The predicted molar refractivity (Wildman–Crippen MR) is 79.8 cm³/mol. The minimum Gasteiger partial charge on any atom is -0.392 e. The molecule has 1 aliphatic carbocycles. The lowest BCUT2D eigenvalue weighted by molar-refractivity contribution is -0.198. The molecule has 4 heteroatoms. The summed E-state index contributed by atoms with van der Waals surface area (Å²) < 4.78 is 2.26. The number of nitrogens with zero attached hydrogens (tertiary/aromatic N) is 3. The third-order valence-electron chi connectivity index (χ3n) is 5.77. The summed E-state index contributed by atoms with van der Waals surface area (Å²) in [7, 11) is 2.13. The van der Waals surface area contributed by atoms with Crippen LogP contribution in [-0.2, 0) is 0 Å². The fraction of sp³-hybridized carbons (Fsp3) is 0.471. The van der Waals surface area contributed by atoms with Gasteiger partial charge >= 0.3 is 0 Å². The first-order valence-electron chi connectivity index (χ1n) is 7.67. The molecule has 1 N–H and O–H groups in total. The fourth-order valence-electron chi connectivity index (χ4n) is 4.93. The van der Waals surface area contributed by atoms with Gasteiger partial charge in [0.2, 0.25) is 0 Å². The van der Waals surface area contributed by atoms with Crippen LogP contribution < -0.4 is 0 Å². The summed E-state index contributed by atoms with van der Waals surface area (Å²) in [6.07, 6.45) is 4.79. The van der Waals surface area contributed by atoms with Gasteiger partial charge in [-0.25, -0.2) is 4.98 Å². The zero-order valence-electron chi connectivity index (χ0n) is 12.1. The Bertz CT molecular complexity index is 716. The van der Waals surface area contributed by atoms with Crippen molar-refractivity contribution in [2.24, 2.45) is 11.3 Å². The molecule has 3 aliphatic rings. The molecule has 5 rings (SSSR count). The second-order valence-corrected chi connectivity index (χ2v) is 7.07. The zero-order chi connectivity index (χ0) is 14.2. The molecular formula is C17H19N3O. The van der Waals surface area contributed by atoms with Crippen LogP contribution in [-0.4, -0.2) is 45.8 Å². The van der Waals surface area contributed by atoms with Gasteiger partial charge in [0.1, 0.15) is 0 Å². The SMILES string of the molecule is CN1CC2(CC(C3c4ccccc4-c4cncn43)C2O)C1. The standard InChI is InChI=1S/C17H19N3O/c1-19-8-17(9-19)6-13(16(17)21)15-12-5-3-2-4-11(12)14-7-18-10-20(14)15/h2-5,7,10,13,15-16,21H,6,8-9H2,1H3. The first-order valence-corrected chi connectivity index (χ1v) is 7.67. The number of aromatic nitrogens is 2. The molecule has 0 radical (unpaired) electrons.